The lowest BCUT2D eigenvalue weighted by Crippen LogP contribution is -2.40. The van der Waals surface area contributed by atoms with Gasteiger partial charge in [-0.25, -0.2) is 0 Å². The van der Waals surface area contributed by atoms with E-state index in [1.54, 1.807) is 6.20 Å². The van der Waals surface area contributed by atoms with Crippen LogP contribution < -0.4 is 5.32 Å². The van der Waals surface area contributed by atoms with E-state index in [1.165, 1.54) is 5.56 Å². The van der Waals surface area contributed by atoms with Gasteiger partial charge in [0, 0.05) is 18.9 Å². The lowest BCUT2D eigenvalue weighted by Gasteiger charge is -2.29. The second-order valence-corrected chi connectivity index (χ2v) is 6.77. The number of nitrogens with one attached hydrogen (secondary N) is 1. The number of hydrogen-bond donors (Lipinski definition) is 1. The maximum Gasteiger partial charge on any atom is 0.242 e. The molecule has 146 valence electrons. The monoisotopic (exact) mass is 376 g/mol. The van der Waals surface area contributed by atoms with Gasteiger partial charge in [-0.2, -0.15) is 5.10 Å². The summed E-state index contributed by atoms with van der Waals surface area (Å²) in [6.07, 6.45) is 3.73. The number of carbonyl (C=O) groups is 1. The van der Waals surface area contributed by atoms with E-state index < -0.39 is 0 Å². The van der Waals surface area contributed by atoms with E-state index in [0.29, 0.717) is 6.54 Å². The molecule has 5 heteroatoms. The summed E-state index contributed by atoms with van der Waals surface area (Å²) in [5.41, 5.74) is 3.30. The smallest absolute Gasteiger partial charge is 0.242 e. The number of amides is 1. The molecule has 0 radical (unpaired) electrons. The molecule has 2 aromatic carbocycles. The van der Waals surface area contributed by atoms with Crippen molar-refractivity contribution in [3.8, 4) is 0 Å². The van der Waals surface area contributed by atoms with Crippen molar-refractivity contribution in [2.24, 2.45) is 0 Å². The summed E-state index contributed by atoms with van der Waals surface area (Å²) in [4.78, 5) is 15.2. The molecule has 1 amide bonds. The number of hydrogen-bond acceptors (Lipinski definition) is 3. The molecule has 28 heavy (non-hydrogen) atoms. The standard InChI is InChI=1S/C23H28N4O/c1-3-26(4-2)22(21-9-6-5-7-10-21)23(28)24-17-19-11-13-20(14-12-19)18-27-16-8-15-25-27/h5-16,22H,3-4,17-18H2,1-2H3,(H,24,28). The summed E-state index contributed by atoms with van der Waals surface area (Å²) >= 11 is 0. The van der Waals surface area contributed by atoms with Crippen LogP contribution in [0.4, 0.5) is 0 Å². The first kappa shape index (κ1) is 19.8. The number of likely N-dealkylation sites (N-methyl/N-ethyl adjacent to an activating group) is 1. The van der Waals surface area contributed by atoms with Gasteiger partial charge in [0.05, 0.1) is 6.54 Å². The minimum atomic E-state index is -0.268. The Labute approximate surface area is 167 Å². The highest BCUT2D eigenvalue weighted by Crippen LogP contribution is 2.20. The molecule has 1 atom stereocenters. The van der Waals surface area contributed by atoms with Gasteiger partial charge in [0.1, 0.15) is 6.04 Å². The van der Waals surface area contributed by atoms with Crippen molar-refractivity contribution in [1.82, 2.24) is 20.0 Å². The quantitative estimate of drug-likeness (QED) is 0.620. The second kappa shape index (κ2) is 9.85. The average Bonchev–Trinajstić information content (AvgIpc) is 3.25. The van der Waals surface area contributed by atoms with Crippen LogP contribution in [0.1, 0.15) is 36.6 Å². The van der Waals surface area contributed by atoms with Gasteiger partial charge in [-0.1, -0.05) is 68.4 Å². The van der Waals surface area contributed by atoms with Crippen molar-refractivity contribution in [3.05, 3.63) is 89.7 Å². The summed E-state index contributed by atoms with van der Waals surface area (Å²) in [5.74, 6) is 0.0375. The fourth-order valence-electron chi connectivity index (χ4n) is 3.38. The van der Waals surface area contributed by atoms with Gasteiger partial charge in [-0.05, 0) is 35.8 Å². The molecule has 0 aliphatic rings. The van der Waals surface area contributed by atoms with Crippen molar-refractivity contribution in [2.45, 2.75) is 33.0 Å². The van der Waals surface area contributed by atoms with Crippen molar-refractivity contribution < 1.29 is 4.79 Å². The van der Waals surface area contributed by atoms with E-state index in [-0.39, 0.29) is 11.9 Å². The third-order valence-corrected chi connectivity index (χ3v) is 4.93. The summed E-state index contributed by atoms with van der Waals surface area (Å²) in [7, 11) is 0. The Kier molecular flexibility index (Phi) is 6.98. The molecule has 1 unspecified atom stereocenters. The number of benzene rings is 2. The van der Waals surface area contributed by atoms with Crippen LogP contribution >= 0.6 is 0 Å². The van der Waals surface area contributed by atoms with Gasteiger partial charge in [-0.15, -0.1) is 0 Å². The minimum Gasteiger partial charge on any atom is -0.350 e. The van der Waals surface area contributed by atoms with Crippen LogP contribution in [-0.4, -0.2) is 33.7 Å². The Balaban J connectivity index is 1.63. The average molecular weight is 377 g/mol. The zero-order valence-corrected chi connectivity index (χ0v) is 16.6. The summed E-state index contributed by atoms with van der Waals surface area (Å²) in [6.45, 7) is 7.09. The Morgan fingerprint density at radius 3 is 2.29 bits per heavy atom. The van der Waals surface area contributed by atoms with Crippen LogP contribution in [0, 0.1) is 0 Å². The van der Waals surface area contributed by atoms with E-state index in [1.807, 2.05) is 47.3 Å². The largest absolute Gasteiger partial charge is 0.350 e. The van der Waals surface area contributed by atoms with E-state index >= 15 is 0 Å². The number of aromatic nitrogens is 2. The molecule has 1 aromatic heterocycles. The fourth-order valence-corrected chi connectivity index (χ4v) is 3.38. The Morgan fingerprint density at radius 1 is 1.00 bits per heavy atom. The molecule has 3 rings (SSSR count). The van der Waals surface area contributed by atoms with Gasteiger partial charge in [0.15, 0.2) is 0 Å². The third-order valence-electron chi connectivity index (χ3n) is 4.93. The molecule has 1 heterocycles. The first-order valence-electron chi connectivity index (χ1n) is 9.83. The summed E-state index contributed by atoms with van der Waals surface area (Å²) in [6, 6.07) is 19.9. The Morgan fingerprint density at radius 2 is 1.68 bits per heavy atom. The zero-order chi connectivity index (χ0) is 19.8. The number of nitrogens with zero attached hydrogens (tertiary/aromatic N) is 3. The highest BCUT2D eigenvalue weighted by molar-refractivity contribution is 5.83. The van der Waals surface area contributed by atoms with E-state index in [2.05, 4.69) is 53.4 Å². The first-order chi connectivity index (χ1) is 13.7. The van der Waals surface area contributed by atoms with Crippen molar-refractivity contribution >= 4 is 5.91 Å². The second-order valence-electron chi connectivity index (χ2n) is 6.77. The molecule has 0 saturated carbocycles. The lowest BCUT2D eigenvalue weighted by molar-refractivity contribution is -0.126. The molecule has 0 spiro atoms. The molecular weight excluding hydrogens is 348 g/mol. The maximum absolute atomic E-state index is 13.0. The van der Waals surface area contributed by atoms with Crippen molar-refractivity contribution in [3.63, 3.8) is 0 Å². The molecule has 0 fully saturated rings. The summed E-state index contributed by atoms with van der Waals surface area (Å²) in [5, 5.41) is 7.34. The summed E-state index contributed by atoms with van der Waals surface area (Å²) < 4.78 is 1.89. The van der Waals surface area contributed by atoms with Crippen molar-refractivity contribution in [2.75, 3.05) is 13.1 Å². The Bertz CT molecular complexity index is 840. The Hall–Kier alpha value is -2.92. The number of rotatable bonds is 9. The molecule has 0 aliphatic carbocycles. The van der Waals surface area contributed by atoms with Gasteiger partial charge >= 0.3 is 0 Å². The number of carbonyl (C=O) groups excluding carboxylic acids is 1. The van der Waals surface area contributed by atoms with Gasteiger partial charge < -0.3 is 5.32 Å². The normalized spacial score (nSPS) is 12.1. The van der Waals surface area contributed by atoms with Crippen LogP contribution in [0.25, 0.3) is 0 Å². The van der Waals surface area contributed by atoms with E-state index in [0.717, 1.165) is 30.8 Å². The predicted molar refractivity (Wildman–Crippen MR) is 112 cm³/mol. The van der Waals surface area contributed by atoms with Crippen LogP contribution in [-0.2, 0) is 17.9 Å². The van der Waals surface area contributed by atoms with Crippen LogP contribution in [0.15, 0.2) is 73.1 Å². The van der Waals surface area contributed by atoms with Crippen molar-refractivity contribution in [1.29, 1.82) is 0 Å². The molecule has 5 nitrogen and oxygen atoms in total. The molecule has 3 aromatic rings. The molecule has 0 aliphatic heterocycles. The molecule has 0 saturated heterocycles. The van der Waals surface area contributed by atoms with Gasteiger partial charge in [-0.3, -0.25) is 14.4 Å². The van der Waals surface area contributed by atoms with E-state index in [4.69, 9.17) is 0 Å². The minimum absolute atomic E-state index is 0.0375. The highest BCUT2D eigenvalue weighted by Gasteiger charge is 2.25. The lowest BCUT2D eigenvalue weighted by atomic mass is 10.0. The topological polar surface area (TPSA) is 50.2 Å². The van der Waals surface area contributed by atoms with Gasteiger partial charge in [0.2, 0.25) is 5.91 Å². The van der Waals surface area contributed by atoms with Crippen LogP contribution in [0.2, 0.25) is 0 Å². The zero-order valence-electron chi connectivity index (χ0n) is 16.6. The molecule has 0 bridgehead atoms. The highest BCUT2D eigenvalue weighted by atomic mass is 16.2. The third kappa shape index (κ3) is 5.08. The fraction of sp³-hybridized carbons (Fsp3) is 0.304. The van der Waals surface area contributed by atoms with E-state index in [9.17, 15) is 4.79 Å². The van der Waals surface area contributed by atoms with Gasteiger partial charge in [0.25, 0.3) is 0 Å². The SMILES string of the molecule is CCN(CC)C(C(=O)NCc1ccc(Cn2cccn2)cc1)c1ccccc1. The van der Waals surface area contributed by atoms with Crippen LogP contribution in [0.5, 0.6) is 0 Å². The first-order valence-corrected chi connectivity index (χ1v) is 9.83. The maximum atomic E-state index is 13.0. The predicted octanol–water partition coefficient (Wildman–Crippen LogP) is 3.63. The van der Waals surface area contributed by atoms with Crippen LogP contribution in [0.3, 0.4) is 0 Å². The molecule has 1 N–H and O–H groups in total. The molecular formula is C23H28N4O.